The minimum Gasteiger partial charge on any atom is -0.756 e. The van der Waals surface area contributed by atoms with Crippen LogP contribution in [0.2, 0.25) is 0 Å². The second-order valence-electron chi connectivity index (χ2n) is 25.4. The summed E-state index contributed by atoms with van der Waals surface area (Å²) in [4.78, 5) is 40.2. The number of rotatable bonds is 65. The maximum absolute atomic E-state index is 13.6. The van der Waals surface area contributed by atoms with Crippen molar-refractivity contribution < 1.29 is 37.3 Å². The molecule has 1 amide bonds. The minimum atomic E-state index is -4.71. The molecule has 10 heteroatoms. The maximum Gasteiger partial charge on any atom is 0.306 e. The topological polar surface area (TPSA) is 114 Å². The number of quaternary nitrogens is 1. The van der Waals surface area contributed by atoms with Crippen molar-refractivity contribution in [2.24, 2.45) is 0 Å². The van der Waals surface area contributed by atoms with Gasteiger partial charge >= 0.3 is 5.97 Å². The van der Waals surface area contributed by atoms with E-state index in [0.717, 1.165) is 96.3 Å². The highest BCUT2D eigenvalue weighted by molar-refractivity contribution is 7.45. The lowest BCUT2D eigenvalue weighted by Crippen LogP contribution is -2.47. The Morgan fingerprint density at radius 2 is 0.718 bits per heavy atom. The number of nitrogens with one attached hydrogen (secondary N) is 1. The third-order valence-electron chi connectivity index (χ3n) is 15.8. The zero-order chi connectivity index (χ0) is 62.1. The number of esters is 1. The van der Waals surface area contributed by atoms with Gasteiger partial charge in [-0.1, -0.05) is 292 Å². The number of phosphoric acid groups is 1. The average Bonchev–Trinajstić information content (AvgIpc) is 3.64. The molecule has 0 aliphatic carbocycles. The number of nitrogens with zero attached hydrogens (tertiary/aromatic N) is 1. The molecule has 3 atom stereocenters. The van der Waals surface area contributed by atoms with E-state index in [9.17, 15) is 19.0 Å². The van der Waals surface area contributed by atoms with Gasteiger partial charge in [0.15, 0.2) is 0 Å². The van der Waals surface area contributed by atoms with Crippen LogP contribution in [-0.4, -0.2) is 69.4 Å². The summed E-state index contributed by atoms with van der Waals surface area (Å²) in [6.45, 7) is 6.82. The molecule has 0 aromatic rings. The summed E-state index contributed by atoms with van der Waals surface area (Å²) in [5.41, 5.74) is 0. The summed E-state index contributed by atoms with van der Waals surface area (Å²) in [6, 6.07) is -0.897. The molecular weight excluding hydrogens is 1070 g/mol. The standard InChI is InChI=1S/C75H137N2O7P/c1-7-10-13-16-19-22-25-28-30-32-34-36-37-38-39-41-42-44-46-49-52-55-58-61-64-67-74(78)76-72(71-83-85(80,81)82-70-69-77(4,5)6)73(66-63-60-57-54-51-48-27-24-21-18-15-12-9-3)84-75(79)68-65-62-59-56-53-50-47-45-43-40-35-33-31-29-26-23-20-17-14-11-8-2/h19-20,22-23,28-31,34,36,38-39,63,66,72-73H,7-18,21,24-27,32-33,35,37,40-62,64-65,67-71H2,1-6H3,(H-,76,78,80,81)/b22-19-,23-20-,30-28-,31-29-,36-34-,39-38-,66-63-. The first-order valence-electron chi connectivity index (χ1n) is 35.9. The quantitative estimate of drug-likeness (QED) is 0.0212. The van der Waals surface area contributed by atoms with Crippen molar-refractivity contribution in [3.63, 3.8) is 0 Å². The van der Waals surface area contributed by atoms with Crippen molar-refractivity contribution in [2.45, 2.75) is 341 Å². The van der Waals surface area contributed by atoms with Crippen LogP contribution < -0.4 is 10.2 Å². The van der Waals surface area contributed by atoms with Crippen LogP contribution in [0.15, 0.2) is 85.1 Å². The molecule has 0 heterocycles. The fourth-order valence-corrected chi connectivity index (χ4v) is 11.0. The van der Waals surface area contributed by atoms with E-state index < -0.39 is 26.6 Å². The Hall–Kier alpha value is -2.81. The molecule has 0 saturated heterocycles. The number of carbonyl (C=O) groups excluding carboxylic acids is 2. The SMILES string of the molecule is CCCCC/C=C\C/C=C\C/C=C\C/C=C\CCCCCCCCCCCC(=O)NC(COP(=O)([O-])OCC[N+](C)(C)C)C(/C=C\CCCCCCCCCCCCC)OC(=O)CCCCCCCCCCCCC/C=C\C/C=C\CCCCC. The minimum absolute atomic E-state index is 0.0262. The first-order valence-corrected chi connectivity index (χ1v) is 37.4. The largest absolute Gasteiger partial charge is 0.756 e. The Balaban J connectivity index is 5.12. The van der Waals surface area contributed by atoms with Crippen LogP contribution in [0.1, 0.15) is 329 Å². The van der Waals surface area contributed by atoms with Crippen molar-refractivity contribution in [3.05, 3.63) is 85.1 Å². The molecular formula is C75H137N2O7P. The number of amides is 1. The first-order chi connectivity index (χ1) is 41.4. The molecule has 3 unspecified atom stereocenters. The van der Waals surface area contributed by atoms with Gasteiger partial charge in [-0.05, 0) is 109 Å². The van der Waals surface area contributed by atoms with Crippen LogP contribution in [0.5, 0.6) is 0 Å². The van der Waals surface area contributed by atoms with Crippen molar-refractivity contribution in [1.29, 1.82) is 0 Å². The number of carbonyl (C=O) groups is 2. The molecule has 1 N–H and O–H groups in total. The molecule has 0 rings (SSSR count). The summed E-state index contributed by atoms with van der Waals surface area (Å²) in [7, 11) is 1.18. The second kappa shape index (κ2) is 64.2. The van der Waals surface area contributed by atoms with Gasteiger partial charge in [-0.2, -0.15) is 0 Å². The Morgan fingerprint density at radius 3 is 1.09 bits per heavy atom. The van der Waals surface area contributed by atoms with Gasteiger partial charge in [0.05, 0.1) is 33.8 Å². The highest BCUT2D eigenvalue weighted by Crippen LogP contribution is 2.38. The molecule has 0 radical (unpaired) electrons. The van der Waals surface area contributed by atoms with Crippen LogP contribution in [0.25, 0.3) is 0 Å². The number of ether oxygens (including phenoxy) is 1. The number of allylic oxidation sites excluding steroid dienone is 13. The van der Waals surface area contributed by atoms with Crippen LogP contribution in [0, 0.1) is 0 Å². The van der Waals surface area contributed by atoms with E-state index in [-0.39, 0.29) is 24.9 Å². The molecule has 0 aromatic carbocycles. The zero-order valence-corrected chi connectivity index (χ0v) is 57.4. The molecule has 0 bridgehead atoms. The normalized spacial score (nSPS) is 14.0. The Labute approximate surface area is 526 Å². The van der Waals surface area contributed by atoms with Crippen molar-refractivity contribution in [3.8, 4) is 0 Å². The highest BCUT2D eigenvalue weighted by Gasteiger charge is 2.27. The van der Waals surface area contributed by atoms with E-state index in [1.54, 1.807) is 0 Å². The second-order valence-corrected chi connectivity index (χ2v) is 26.8. The number of hydrogen-bond acceptors (Lipinski definition) is 7. The van der Waals surface area contributed by atoms with Gasteiger partial charge in [-0.3, -0.25) is 14.2 Å². The Kier molecular flexibility index (Phi) is 62.1. The fourth-order valence-electron chi connectivity index (χ4n) is 10.2. The highest BCUT2D eigenvalue weighted by atomic mass is 31.2. The molecule has 9 nitrogen and oxygen atoms in total. The van der Waals surface area contributed by atoms with Gasteiger partial charge in [0.1, 0.15) is 19.3 Å². The van der Waals surface area contributed by atoms with Crippen LogP contribution in [0.3, 0.4) is 0 Å². The summed E-state index contributed by atoms with van der Waals surface area (Å²) < 4.78 is 30.5. The molecule has 85 heavy (non-hydrogen) atoms. The van der Waals surface area contributed by atoms with Crippen molar-refractivity contribution in [2.75, 3.05) is 40.9 Å². The van der Waals surface area contributed by atoms with Crippen LogP contribution >= 0.6 is 7.82 Å². The lowest BCUT2D eigenvalue weighted by molar-refractivity contribution is -0.870. The maximum atomic E-state index is 13.6. The molecule has 0 saturated carbocycles. The number of hydrogen-bond donors (Lipinski definition) is 1. The summed E-state index contributed by atoms with van der Waals surface area (Å²) in [5, 5.41) is 3.04. The molecule has 0 spiro atoms. The van der Waals surface area contributed by atoms with E-state index in [0.29, 0.717) is 17.4 Å². The van der Waals surface area contributed by atoms with E-state index in [1.807, 2.05) is 33.3 Å². The van der Waals surface area contributed by atoms with E-state index in [1.165, 1.54) is 199 Å². The Morgan fingerprint density at radius 1 is 0.412 bits per heavy atom. The van der Waals surface area contributed by atoms with E-state index in [2.05, 4.69) is 99.0 Å². The van der Waals surface area contributed by atoms with Gasteiger partial charge < -0.3 is 28.5 Å². The van der Waals surface area contributed by atoms with Gasteiger partial charge in [-0.15, -0.1) is 0 Å². The predicted molar refractivity (Wildman–Crippen MR) is 367 cm³/mol. The zero-order valence-electron chi connectivity index (χ0n) is 56.6. The fraction of sp³-hybridized carbons (Fsp3) is 0.787. The third kappa shape index (κ3) is 65.5. The number of unbranched alkanes of at least 4 members (excludes halogenated alkanes) is 37. The lowest BCUT2D eigenvalue weighted by atomic mass is 10.0. The molecule has 0 aromatic heterocycles. The van der Waals surface area contributed by atoms with Crippen molar-refractivity contribution >= 4 is 19.7 Å². The molecule has 0 fully saturated rings. The van der Waals surface area contributed by atoms with Crippen LogP contribution in [0.4, 0.5) is 0 Å². The molecule has 494 valence electrons. The monoisotopic (exact) mass is 1210 g/mol. The number of likely N-dealkylation sites (N-methyl/N-ethyl adjacent to an activating group) is 1. The van der Waals surface area contributed by atoms with E-state index in [4.69, 9.17) is 13.8 Å². The lowest BCUT2D eigenvalue weighted by Gasteiger charge is -2.30. The van der Waals surface area contributed by atoms with Crippen molar-refractivity contribution in [1.82, 2.24) is 5.32 Å². The average molecular weight is 1210 g/mol. The van der Waals surface area contributed by atoms with Gasteiger partial charge in [0.2, 0.25) is 5.91 Å². The summed E-state index contributed by atoms with van der Waals surface area (Å²) in [6.07, 6.45) is 85.5. The Bertz CT molecular complexity index is 1730. The van der Waals surface area contributed by atoms with Gasteiger partial charge in [-0.25, -0.2) is 0 Å². The van der Waals surface area contributed by atoms with Crippen LogP contribution in [-0.2, 0) is 27.9 Å². The molecule has 0 aliphatic heterocycles. The summed E-state index contributed by atoms with van der Waals surface area (Å²) >= 11 is 0. The summed E-state index contributed by atoms with van der Waals surface area (Å²) in [5.74, 6) is -0.543. The smallest absolute Gasteiger partial charge is 0.306 e. The third-order valence-corrected chi connectivity index (χ3v) is 16.8. The van der Waals surface area contributed by atoms with Gasteiger partial charge in [0.25, 0.3) is 7.82 Å². The molecule has 0 aliphatic rings. The predicted octanol–water partition coefficient (Wildman–Crippen LogP) is 22.3. The van der Waals surface area contributed by atoms with Gasteiger partial charge in [0, 0.05) is 12.8 Å². The van der Waals surface area contributed by atoms with E-state index >= 15 is 0 Å². The number of phosphoric ester groups is 1. The first kappa shape index (κ1) is 82.2.